The molecule has 1 amide bonds. The van der Waals surface area contributed by atoms with Crippen molar-refractivity contribution in [1.82, 2.24) is 9.80 Å². The molecule has 4 rings (SSSR count). The number of hydrogen-bond donors (Lipinski definition) is 0. The predicted molar refractivity (Wildman–Crippen MR) is 111 cm³/mol. The number of carbonyl (C=O) groups is 1. The molecule has 1 fully saturated rings. The van der Waals surface area contributed by atoms with E-state index < -0.39 is 0 Å². The van der Waals surface area contributed by atoms with Crippen molar-refractivity contribution in [3.63, 3.8) is 0 Å². The number of nitrogens with zero attached hydrogens (tertiary/aromatic N) is 3. The molecule has 0 saturated carbocycles. The Morgan fingerprint density at radius 3 is 2.37 bits per heavy atom. The Bertz CT molecular complexity index is 794. The Kier molecular flexibility index (Phi) is 5.66. The van der Waals surface area contributed by atoms with E-state index in [0.29, 0.717) is 6.54 Å². The Balaban J connectivity index is 1.23. The smallest absolute Gasteiger partial charge is 0.241 e. The third-order valence-electron chi connectivity index (χ3n) is 5.49. The van der Waals surface area contributed by atoms with Gasteiger partial charge < -0.3 is 4.90 Å². The van der Waals surface area contributed by atoms with Crippen LogP contribution in [0, 0.1) is 0 Å². The maximum absolute atomic E-state index is 12.7. The van der Waals surface area contributed by atoms with E-state index in [1.807, 2.05) is 17.0 Å². The van der Waals surface area contributed by atoms with Gasteiger partial charge in [-0.2, -0.15) is 0 Å². The van der Waals surface area contributed by atoms with Gasteiger partial charge in [0.15, 0.2) is 0 Å². The van der Waals surface area contributed by atoms with E-state index in [2.05, 4.69) is 64.4 Å². The molecule has 2 aliphatic rings. The number of fused-ring (bicyclic) bond motifs is 1. The van der Waals surface area contributed by atoms with E-state index in [-0.39, 0.29) is 5.91 Å². The number of anilines is 1. The highest BCUT2D eigenvalue weighted by Crippen LogP contribution is 2.27. The largest absolute Gasteiger partial charge is 0.311 e. The Morgan fingerprint density at radius 1 is 0.852 bits per heavy atom. The summed E-state index contributed by atoms with van der Waals surface area (Å²) in [5.41, 5.74) is 3.64. The topological polar surface area (TPSA) is 26.8 Å². The van der Waals surface area contributed by atoms with Crippen LogP contribution in [0.15, 0.2) is 60.7 Å². The van der Waals surface area contributed by atoms with Crippen LogP contribution in [0.25, 0.3) is 6.08 Å². The third kappa shape index (κ3) is 4.46. The normalized spacial score (nSPS) is 18.1. The maximum Gasteiger partial charge on any atom is 0.241 e. The van der Waals surface area contributed by atoms with Gasteiger partial charge >= 0.3 is 0 Å². The van der Waals surface area contributed by atoms with Crippen LogP contribution in [0.3, 0.4) is 0 Å². The molecule has 2 aliphatic heterocycles. The van der Waals surface area contributed by atoms with Gasteiger partial charge in [0.1, 0.15) is 0 Å². The third-order valence-corrected chi connectivity index (χ3v) is 5.49. The minimum atomic E-state index is 0.234. The molecule has 2 heterocycles. The Morgan fingerprint density at radius 2 is 1.56 bits per heavy atom. The molecule has 4 heteroatoms. The molecule has 0 unspecified atom stereocenters. The molecule has 0 bridgehead atoms. The van der Waals surface area contributed by atoms with Gasteiger partial charge in [-0.3, -0.25) is 14.6 Å². The lowest BCUT2D eigenvalue weighted by atomic mass is 10.2. The van der Waals surface area contributed by atoms with Crippen molar-refractivity contribution in [1.29, 1.82) is 0 Å². The molecule has 4 nitrogen and oxygen atoms in total. The van der Waals surface area contributed by atoms with Gasteiger partial charge in [0, 0.05) is 45.0 Å². The molecule has 0 aliphatic carbocycles. The first kappa shape index (κ1) is 18.0. The van der Waals surface area contributed by atoms with E-state index in [4.69, 9.17) is 0 Å². The van der Waals surface area contributed by atoms with Crippen LogP contribution in [0.1, 0.15) is 11.1 Å². The fourth-order valence-electron chi connectivity index (χ4n) is 3.91. The first-order chi connectivity index (χ1) is 13.3. The summed E-state index contributed by atoms with van der Waals surface area (Å²) in [6, 6.07) is 18.7. The van der Waals surface area contributed by atoms with Crippen molar-refractivity contribution in [2.24, 2.45) is 0 Å². The second-order valence-electron chi connectivity index (χ2n) is 7.31. The SMILES string of the molecule is O=C(CN1CCN(C/C=C/c2ccccc2)CC1)N1CCc2ccccc21. The molecule has 2 aromatic rings. The molecule has 1 saturated heterocycles. The standard InChI is InChI=1S/C23H27N3O/c27-23(26-14-12-21-10-4-5-11-22(21)26)19-25-17-15-24(16-18-25)13-6-9-20-7-2-1-3-8-20/h1-11H,12-19H2/b9-6+. The second kappa shape index (κ2) is 8.51. The molecule has 140 valence electrons. The van der Waals surface area contributed by atoms with Gasteiger partial charge in [-0.25, -0.2) is 0 Å². The van der Waals surface area contributed by atoms with Crippen LogP contribution in [0.5, 0.6) is 0 Å². The van der Waals surface area contributed by atoms with Gasteiger partial charge in [0.05, 0.1) is 6.54 Å². The number of para-hydroxylation sites is 1. The molecule has 0 atom stereocenters. The summed E-state index contributed by atoms with van der Waals surface area (Å²) in [7, 11) is 0. The van der Waals surface area contributed by atoms with Gasteiger partial charge in [0.25, 0.3) is 0 Å². The molecular formula is C23H27N3O. The lowest BCUT2D eigenvalue weighted by molar-refractivity contribution is -0.120. The average molecular weight is 361 g/mol. The van der Waals surface area contributed by atoms with E-state index in [1.54, 1.807) is 0 Å². The molecule has 0 aromatic heterocycles. The van der Waals surface area contributed by atoms with Gasteiger partial charge in [-0.15, -0.1) is 0 Å². The quantitative estimate of drug-likeness (QED) is 0.819. The summed E-state index contributed by atoms with van der Waals surface area (Å²) in [5.74, 6) is 0.234. The number of benzene rings is 2. The number of rotatable bonds is 5. The second-order valence-corrected chi connectivity index (χ2v) is 7.31. The maximum atomic E-state index is 12.7. The van der Waals surface area contributed by atoms with Crippen LogP contribution >= 0.6 is 0 Å². The first-order valence-corrected chi connectivity index (χ1v) is 9.84. The fraction of sp³-hybridized carbons (Fsp3) is 0.348. The van der Waals surface area contributed by atoms with Crippen molar-refractivity contribution in [2.45, 2.75) is 6.42 Å². The molecule has 0 radical (unpaired) electrons. The van der Waals surface area contributed by atoms with Crippen molar-refractivity contribution >= 4 is 17.7 Å². The van der Waals surface area contributed by atoms with E-state index in [0.717, 1.165) is 51.4 Å². The summed E-state index contributed by atoms with van der Waals surface area (Å²) in [6.07, 6.45) is 5.39. The van der Waals surface area contributed by atoms with Crippen LogP contribution in [-0.4, -0.2) is 61.5 Å². The molecule has 0 spiro atoms. The molecular weight excluding hydrogens is 334 g/mol. The monoisotopic (exact) mass is 361 g/mol. The Hall–Kier alpha value is -2.43. The van der Waals surface area contributed by atoms with E-state index >= 15 is 0 Å². The molecule has 2 aromatic carbocycles. The molecule has 27 heavy (non-hydrogen) atoms. The van der Waals surface area contributed by atoms with Crippen LogP contribution in [-0.2, 0) is 11.2 Å². The van der Waals surface area contributed by atoms with Gasteiger partial charge in [-0.05, 0) is 23.6 Å². The highest BCUT2D eigenvalue weighted by molar-refractivity contribution is 5.96. The minimum Gasteiger partial charge on any atom is -0.311 e. The highest BCUT2D eigenvalue weighted by Gasteiger charge is 2.26. The summed E-state index contributed by atoms with van der Waals surface area (Å²) in [4.78, 5) is 19.5. The summed E-state index contributed by atoms with van der Waals surface area (Å²) >= 11 is 0. The van der Waals surface area contributed by atoms with E-state index in [1.165, 1.54) is 11.1 Å². The number of piperazine rings is 1. The zero-order chi connectivity index (χ0) is 18.5. The van der Waals surface area contributed by atoms with Crippen LogP contribution < -0.4 is 4.90 Å². The van der Waals surface area contributed by atoms with Crippen LogP contribution in [0.4, 0.5) is 5.69 Å². The number of amides is 1. The van der Waals surface area contributed by atoms with Gasteiger partial charge in [-0.1, -0.05) is 60.7 Å². The zero-order valence-electron chi connectivity index (χ0n) is 15.8. The predicted octanol–water partition coefficient (Wildman–Crippen LogP) is 2.91. The highest BCUT2D eigenvalue weighted by atomic mass is 16.2. The van der Waals surface area contributed by atoms with Crippen LogP contribution in [0.2, 0.25) is 0 Å². The fourth-order valence-corrected chi connectivity index (χ4v) is 3.91. The lowest BCUT2D eigenvalue weighted by Gasteiger charge is -2.34. The number of carbonyl (C=O) groups excluding carboxylic acids is 1. The zero-order valence-corrected chi connectivity index (χ0v) is 15.8. The van der Waals surface area contributed by atoms with E-state index in [9.17, 15) is 4.79 Å². The van der Waals surface area contributed by atoms with Crippen molar-refractivity contribution in [2.75, 3.05) is 50.7 Å². The molecule has 0 N–H and O–H groups in total. The summed E-state index contributed by atoms with van der Waals surface area (Å²) in [5, 5.41) is 0. The van der Waals surface area contributed by atoms with Gasteiger partial charge in [0.2, 0.25) is 5.91 Å². The summed E-state index contributed by atoms with van der Waals surface area (Å²) in [6.45, 7) is 6.27. The van der Waals surface area contributed by atoms with Crippen molar-refractivity contribution in [3.05, 3.63) is 71.8 Å². The lowest BCUT2D eigenvalue weighted by Crippen LogP contribution is -2.49. The Labute approximate surface area is 161 Å². The average Bonchev–Trinajstić information content (AvgIpc) is 3.14. The number of hydrogen-bond acceptors (Lipinski definition) is 3. The minimum absolute atomic E-state index is 0.234. The van der Waals surface area contributed by atoms with Crippen molar-refractivity contribution in [3.8, 4) is 0 Å². The summed E-state index contributed by atoms with van der Waals surface area (Å²) < 4.78 is 0. The van der Waals surface area contributed by atoms with Crippen molar-refractivity contribution < 1.29 is 4.79 Å². The first-order valence-electron chi connectivity index (χ1n) is 9.84.